The number of thioether (sulfide) groups is 1. The SMILES string of the molecule is COCOc1ccc(-c2cc(Cl)cc3[nH]c(SCc4ccc(Cl)cc4)nc23)cc1. The predicted molar refractivity (Wildman–Crippen MR) is 120 cm³/mol. The minimum atomic E-state index is 0.217. The van der Waals surface area contributed by atoms with E-state index in [2.05, 4.69) is 4.98 Å². The molecule has 4 aromatic rings. The van der Waals surface area contributed by atoms with Crippen LogP contribution >= 0.6 is 35.0 Å². The Morgan fingerprint density at radius 3 is 2.45 bits per heavy atom. The van der Waals surface area contributed by atoms with Crippen LogP contribution < -0.4 is 4.74 Å². The number of methoxy groups -OCH3 is 1. The fourth-order valence-electron chi connectivity index (χ4n) is 2.94. The van der Waals surface area contributed by atoms with Gasteiger partial charge in [-0.3, -0.25) is 0 Å². The first kappa shape index (κ1) is 20.1. The van der Waals surface area contributed by atoms with Crippen LogP contribution in [0.15, 0.2) is 65.8 Å². The second-order valence-corrected chi connectivity index (χ2v) is 8.22. The van der Waals surface area contributed by atoms with Crippen LogP contribution in [0.4, 0.5) is 0 Å². The van der Waals surface area contributed by atoms with E-state index in [9.17, 15) is 0 Å². The van der Waals surface area contributed by atoms with Crippen molar-refractivity contribution in [1.29, 1.82) is 0 Å². The lowest BCUT2D eigenvalue weighted by Gasteiger charge is -2.07. The molecule has 0 spiro atoms. The zero-order valence-corrected chi connectivity index (χ0v) is 17.9. The first-order valence-electron chi connectivity index (χ1n) is 8.91. The second-order valence-electron chi connectivity index (χ2n) is 6.38. The highest BCUT2D eigenvalue weighted by Gasteiger charge is 2.12. The van der Waals surface area contributed by atoms with Gasteiger partial charge in [0.1, 0.15) is 5.75 Å². The molecule has 0 saturated heterocycles. The zero-order valence-electron chi connectivity index (χ0n) is 15.6. The Morgan fingerprint density at radius 1 is 0.966 bits per heavy atom. The van der Waals surface area contributed by atoms with Crippen LogP contribution in [0.1, 0.15) is 5.56 Å². The number of nitrogens with zero attached hydrogens (tertiary/aromatic N) is 1. The van der Waals surface area contributed by atoms with Crippen molar-refractivity contribution >= 4 is 46.0 Å². The maximum Gasteiger partial charge on any atom is 0.188 e. The van der Waals surface area contributed by atoms with Gasteiger partial charge in [0.15, 0.2) is 11.9 Å². The molecule has 1 heterocycles. The molecule has 1 aromatic heterocycles. The number of aromatic nitrogens is 2. The van der Waals surface area contributed by atoms with Crippen molar-refractivity contribution in [1.82, 2.24) is 9.97 Å². The first-order chi connectivity index (χ1) is 14.1. The Labute approximate surface area is 183 Å². The summed E-state index contributed by atoms with van der Waals surface area (Å²) < 4.78 is 10.4. The number of rotatable bonds is 7. The van der Waals surface area contributed by atoms with Gasteiger partial charge >= 0.3 is 0 Å². The molecule has 0 fully saturated rings. The predicted octanol–water partition coefficient (Wildman–Crippen LogP) is 6.81. The minimum Gasteiger partial charge on any atom is -0.468 e. The fourth-order valence-corrected chi connectivity index (χ4v) is 4.12. The number of benzene rings is 3. The average molecular weight is 445 g/mol. The lowest BCUT2D eigenvalue weighted by atomic mass is 10.0. The van der Waals surface area contributed by atoms with Gasteiger partial charge < -0.3 is 14.5 Å². The Bertz CT molecular complexity index is 1110. The third kappa shape index (κ3) is 4.87. The van der Waals surface area contributed by atoms with Crippen LogP contribution in [0.25, 0.3) is 22.2 Å². The topological polar surface area (TPSA) is 47.1 Å². The van der Waals surface area contributed by atoms with E-state index in [1.165, 1.54) is 5.56 Å². The van der Waals surface area contributed by atoms with E-state index in [1.807, 2.05) is 60.7 Å². The largest absolute Gasteiger partial charge is 0.468 e. The van der Waals surface area contributed by atoms with E-state index in [0.717, 1.165) is 43.8 Å². The Balaban J connectivity index is 1.60. The van der Waals surface area contributed by atoms with E-state index in [4.69, 9.17) is 37.7 Å². The van der Waals surface area contributed by atoms with E-state index in [-0.39, 0.29) is 6.79 Å². The van der Waals surface area contributed by atoms with Crippen molar-refractivity contribution in [2.45, 2.75) is 10.9 Å². The van der Waals surface area contributed by atoms with Gasteiger partial charge in [-0.05, 0) is 47.5 Å². The molecule has 0 aliphatic rings. The molecule has 0 bridgehead atoms. The van der Waals surface area contributed by atoms with Gasteiger partial charge in [0, 0.05) is 28.5 Å². The maximum absolute atomic E-state index is 6.36. The van der Waals surface area contributed by atoms with Gasteiger partial charge in [-0.1, -0.05) is 59.2 Å². The van der Waals surface area contributed by atoms with Crippen LogP contribution in [-0.4, -0.2) is 23.9 Å². The molecule has 148 valence electrons. The lowest BCUT2D eigenvalue weighted by molar-refractivity contribution is 0.0511. The van der Waals surface area contributed by atoms with Crippen LogP contribution in [-0.2, 0) is 10.5 Å². The summed E-state index contributed by atoms with van der Waals surface area (Å²) in [6.45, 7) is 0.217. The van der Waals surface area contributed by atoms with Gasteiger partial charge in [0.05, 0.1) is 11.0 Å². The van der Waals surface area contributed by atoms with E-state index in [0.29, 0.717) is 5.02 Å². The smallest absolute Gasteiger partial charge is 0.188 e. The number of hydrogen-bond donors (Lipinski definition) is 1. The monoisotopic (exact) mass is 444 g/mol. The van der Waals surface area contributed by atoms with Gasteiger partial charge in [-0.25, -0.2) is 4.98 Å². The van der Waals surface area contributed by atoms with Gasteiger partial charge in [0.2, 0.25) is 0 Å². The van der Waals surface area contributed by atoms with Crippen LogP contribution in [0, 0.1) is 0 Å². The van der Waals surface area contributed by atoms with Crippen LogP contribution in [0.5, 0.6) is 5.75 Å². The van der Waals surface area contributed by atoms with Crippen LogP contribution in [0.3, 0.4) is 0 Å². The summed E-state index contributed by atoms with van der Waals surface area (Å²) in [5.41, 5.74) is 4.97. The van der Waals surface area contributed by atoms with Gasteiger partial charge in [-0.2, -0.15) is 0 Å². The molecular weight excluding hydrogens is 427 g/mol. The van der Waals surface area contributed by atoms with Crippen LogP contribution in [0.2, 0.25) is 10.0 Å². The maximum atomic E-state index is 6.36. The van der Waals surface area contributed by atoms with E-state index >= 15 is 0 Å². The summed E-state index contributed by atoms with van der Waals surface area (Å²) in [6.07, 6.45) is 0. The molecule has 0 amide bonds. The normalized spacial score (nSPS) is 11.1. The molecule has 7 heteroatoms. The third-order valence-corrected chi connectivity index (χ3v) is 5.74. The van der Waals surface area contributed by atoms with Gasteiger partial charge in [0.25, 0.3) is 0 Å². The summed E-state index contributed by atoms with van der Waals surface area (Å²) in [6, 6.07) is 19.5. The number of aromatic amines is 1. The zero-order chi connectivity index (χ0) is 20.2. The molecule has 0 unspecified atom stereocenters. The fraction of sp³-hybridized carbons (Fsp3) is 0.136. The highest BCUT2D eigenvalue weighted by atomic mass is 35.5. The lowest BCUT2D eigenvalue weighted by Crippen LogP contribution is -1.98. The summed E-state index contributed by atoms with van der Waals surface area (Å²) in [5, 5.41) is 2.24. The molecule has 4 rings (SSSR count). The first-order valence-corrected chi connectivity index (χ1v) is 10.7. The Morgan fingerprint density at radius 2 is 1.72 bits per heavy atom. The van der Waals surface area contributed by atoms with Crippen molar-refractivity contribution in [3.8, 4) is 16.9 Å². The average Bonchev–Trinajstić information content (AvgIpc) is 3.14. The van der Waals surface area contributed by atoms with Crippen molar-refractivity contribution in [3.05, 3.63) is 76.3 Å². The molecule has 0 saturated carbocycles. The second kappa shape index (κ2) is 9.09. The van der Waals surface area contributed by atoms with Gasteiger partial charge in [-0.15, -0.1) is 0 Å². The molecule has 0 atom stereocenters. The van der Waals surface area contributed by atoms with E-state index in [1.54, 1.807) is 18.9 Å². The number of halogens is 2. The molecule has 1 N–H and O–H groups in total. The summed E-state index contributed by atoms with van der Waals surface area (Å²) in [7, 11) is 1.59. The van der Waals surface area contributed by atoms with Crippen molar-refractivity contribution in [2.75, 3.05) is 13.9 Å². The molecule has 29 heavy (non-hydrogen) atoms. The highest BCUT2D eigenvalue weighted by molar-refractivity contribution is 7.98. The highest BCUT2D eigenvalue weighted by Crippen LogP contribution is 2.34. The van der Waals surface area contributed by atoms with Crippen molar-refractivity contribution < 1.29 is 9.47 Å². The van der Waals surface area contributed by atoms with Crippen molar-refractivity contribution in [2.24, 2.45) is 0 Å². The molecule has 4 nitrogen and oxygen atoms in total. The quantitative estimate of drug-likeness (QED) is 0.251. The molecule has 0 aliphatic heterocycles. The number of H-pyrrole nitrogens is 1. The number of ether oxygens (including phenoxy) is 2. The number of imidazole rings is 1. The van der Waals surface area contributed by atoms with E-state index < -0.39 is 0 Å². The number of hydrogen-bond acceptors (Lipinski definition) is 4. The molecule has 0 aliphatic carbocycles. The molecule has 0 radical (unpaired) electrons. The molecule has 3 aromatic carbocycles. The summed E-state index contributed by atoms with van der Waals surface area (Å²) in [5.74, 6) is 1.54. The van der Waals surface area contributed by atoms with Crippen molar-refractivity contribution in [3.63, 3.8) is 0 Å². The third-order valence-electron chi connectivity index (χ3n) is 4.33. The molecular formula is C22H18Cl2N2O2S. The minimum absolute atomic E-state index is 0.217. The Kier molecular flexibility index (Phi) is 6.31. The summed E-state index contributed by atoms with van der Waals surface area (Å²) >= 11 is 14.0. The Hall–Kier alpha value is -2.18. The number of nitrogens with one attached hydrogen (secondary N) is 1. The number of fused-ring (bicyclic) bond motifs is 1. The standard InChI is InChI=1S/C22H18Cl2N2O2S/c1-27-13-28-18-8-4-15(5-9-18)19-10-17(24)11-20-21(19)26-22(25-20)29-12-14-2-6-16(23)7-3-14/h2-11H,12-13H2,1H3,(H,25,26). The summed E-state index contributed by atoms with van der Waals surface area (Å²) in [4.78, 5) is 8.17.